The number of nitrogens with one attached hydrogen (secondary N) is 2. The van der Waals surface area contributed by atoms with E-state index in [1.54, 1.807) is 6.20 Å². The van der Waals surface area contributed by atoms with E-state index in [0.29, 0.717) is 11.3 Å². The smallest absolute Gasteiger partial charge is 0.155 e. The average Bonchev–Trinajstić information content (AvgIpc) is 3.37. The molecule has 0 bridgehead atoms. The van der Waals surface area contributed by atoms with Gasteiger partial charge in [0.25, 0.3) is 0 Å². The van der Waals surface area contributed by atoms with E-state index in [1.165, 1.54) is 30.5 Å². The Kier molecular flexibility index (Phi) is 6.41. The molecule has 3 aromatic rings. The third-order valence-electron chi connectivity index (χ3n) is 8.62. The normalized spacial score (nSPS) is 22.0. The van der Waals surface area contributed by atoms with E-state index in [0.717, 1.165) is 68.5 Å². The molecule has 1 aromatic heterocycles. The van der Waals surface area contributed by atoms with Crippen molar-refractivity contribution in [3.05, 3.63) is 59.8 Å². The number of fused-ring (bicyclic) bond motifs is 2. The van der Waals surface area contributed by atoms with Gasteiger partial charge in [-0.3, -0.25) is 9.69 Å². The number of nitriles is 1. The van der Waals surface area contributed by atoms with Gasteiger partial charge in [-0.2, -0.15) is 5.26 Å². The van der Waals surface area contributed by atoms with E-state index in [9.17, 15) is 10.1 Å². The Bertz CT molecular complexity index is 1280. The lowest BCUT2D eigenvalue weighted by molar-refractivity contribution is -0.130. The first kappa shape index (κ1) is 23.1. The SMILES string of the molecule is N#Cc1c[nH]c2cccc(N3CCN(C(C(=O)C4CCCCC4)C4CCc5ccccc5N4)CC3)c12. The van der Waals surface area contributed by atoms with Gasteiger partial charge < -0.3 is 15.2 Å². The minimum atomic E-state index is -0.0821. The van der Waals surface area contributed by atoms with Crippen molar-refractivity contribution in [2.75, 3.05) is 36.4 Å². The largest absolute Gasteiger partial charge is 0.380 e. The van der Waals surface area contributed by atoms with E-state index in [2.05, 4.69) is 62.6 Å². The topological polar surface area (TPSA) is 75.2 Å². The summed E-state index contributed by atoms with van der Waals surface area (Å²) in [6, 6.07) is 17.2. The quantitative estimate of drug-likeness (QED) is 0.530. The molecule has 2 aliphatic heterocycles. The number of H-pyrrole nitrogens is 1. The second-order valence-electron chi connectivity index (χ2n) is 10.7. The maximum absolute atomic E-state index is 14.0. The molecule has 36 heavy (non-hydrogen) atoms. The van der Waals surface area contributed by atoms with Gasteiger partial charge >= 0.3 is 0 Å². The van der Waals surface area contributed by atoms with Crippen molar-refractivity contribution in [1.29, 1.82) is 5.26 Å². The highest BCUT2D eigenvalue weighted by Crippen LogP contribution is 2.34. The first-order chi connectivity index (χ1) is 17.7. The lowest BCUT2D eigenvalue weighted by Gasteiger charge is -2.45. The van der Waals surface area contributed by atoms with Gasteiger partial charge in [0.15, 0.2) is 5.78 Å². The molecule has 6 nitrogen and oxygen atoms in total. The van der Waals surface area contributed by atoms with Crippen LogP contribution in [0, 0.1) is 17.2 Å². The Labute approximate surface area is 213 Å². The number of aryl methyl sites for hydroxylation is 1. The summed E-state index contributed by atoms with van der Waals surface area (Å²) in [5.41, 5.74) is 5.36. The van der Waals surface area contributed by atoms with Gasteiger partial charge in [0.1, 0.15) is 6.07 Å². The van der Waals surface area contributed by atoms with Crippen LogP contribution < -0.4 is 10.2 Å². The van der Waals surface area contributed by atoms with Crippen molar-refractivity contribution < 1.29 is 4.79 Å². The number of carbonyl (C=O) groups is 1. The second kappa shape index (κ2) is 9.99. The second-order valence-corrected chi connectivity index (χ2v) is 10.7. The number of hydrogen-bond acceptors (Lipinski definition) is 5. The number of rotatable bonds is 5. The van der Waals surface area contributed by atoms with E-state index in [1.807, 2.05) is 6.07 Å². The number of anilines is 2. The molecule has 0 amide bonds. The minimum Gasteiger partial charge on any atom is -0.380 e. The van der Waals surface area contributed by atoms with Gasteiger partial charge in [0.2, 0.25) is 0 Å². The van der Waals surface area contributed by atoms with E-state index < -0.39 is 0 Å². The molecule has 1 saturated carbocycles. The Balaban J connectivity index is 1.24. The van der Waals surface area contributed by atoms with Crippen LogP contribution in [0.1, 0.15) is 49.7 Å². The summed E-state index contributed by atoms with van der Waals surface area (Å²) in [5.74, 6) is 0.659. The van der Waals surface area contributed by atoms with Crippen molar-refractivity contribution in [1.82, 2.24) is 9.88 Å². The molecule has 3 heterocycles. The molecular weight excluding hydrogens is 446 g/mol. The van der Waals surface area contributed by atoms with Gasteiger partial charge in [0, 0.05) is 66.6 Å². The number of hydrogen-bond donors (Lipinski definition) is 2. The van der Waals surface area contributed by atoms with Crippen LogP contribution >= 0.6 is 0 Å². The van der Waals surface area contributed by atoms with Crippen molar-refractivity contribution in [3.8, 4) is 6.07 Å². The summed E-state index contributed by atoms with van der Waals surface area (Å²) in [4.78, 5) is 22.1. The highest BCUT2D eigenvalue weighted by molar-refractivity contribution is 5.97. The van der Waals surface area contributed by atoms with Gasteiger partial charge in [-0.15, -0.1) is 0 Å². The number of para-hydroxylation sites is 1. The summed E-state index contributed by atoms with van der Waals surface area (Å²) < 4.78 is 0. The van der Waals surface area contributed by atoms with Crippen LogP contribution in [0.3, 0.4) is 0 Å². The zero-order chi connectivity index (χ0) is 24.5. The summed E-state index contributed by atoms with van der Waals surface area (Å²) in [7, 11) is 0. The number of Topliss-reactive ketones (excluding diaryl/α,β-unsaturated/α-hetero) is 1. The predicted molar refractivity (Wildman–Crippen MR) is 144 cm³/mol. The van der Waals surface area contributed by atoms with Crippen LogP contribution in [0.25, 0.3) is 10.9 Å². The Morgan fingerprint density at radius 2 is 1.78 bits per heavy atom. The molecule has 2 atom stereocenters. The molecule has 1 aliphatic carbocycles. The molecule has 6 heteroatoms. The highest BCUT2D eigenvalue weighted by atomic mass is 16.1. The summed E-state index contributed by atoms with van der Waals surface area (Å²) >= 11 is 0. The lowest BCUT2D eigenvalue weighted by atomic mass is 9.80. The number of piperazine rings is 1. The average molecular weight is 482 g/mol. The third-order valence-corrected chi connectivity index (χ3v) is 8.62. The van der Waals surface area contributed by atoms with Crippen molar-refractivity contribution in [3.63, 3.8) is 0 Å². The number of carbonyl (C=O) groups excluding carboxylic acids is 1. The summed E-state index contributed by atoms with van der Waals surface area (Å²) in [6.45, 7) is 3.41. The van der Waals surface area contributed by atoms with Crippen LogP contribution in [0.2, 0.25) is 0 Å². The lowest BCUT2D eigenvalue weighted by Crippen LogP contribution is -2.60. The fourth-order valence-electron chi connectivity index (χ4n) is 6.72. The fourth-order valence-corrected chi connectivity index (χ4v) is 6.72. The van der Waals surface area contributed by atoms with Gasteiger partial charge in [-0.25, -0.2) is 0 Å². The molecule has 3 aliphatic rings. The molecule has 0 spiro atoms. The number of aromatic amines is 1. The zero-order valence-corrected chi connectivity index (χ0v) is 20.9. The monoisotopic (exact) mass is 481 g/mol. The van der Waals surface area contributed by atoms with E-state index in [4.69, 9.17) is 0 Å². The first-order valence-corrected chi connectivity index (χ1v) is 13.6. The van der Waals surface area contributed by atoms with Crippen molar-refractivity contribution in [2.45, 2.75) is 57.0 Å². The van der Waals surface area contributed by atoms with Crippen LogP contribution in [-0.4, -0.2) is 53.9 Å². The summed E-state index contributed by atoms with van der Waals surface area (Å²) in [6.07, 6.45) is 9.53. The Morgan fingerprint density at radius 3 is 2.58 bits per heavy atom. The predicted octanol–water partition coefficient (Wildman–Crippen LogP) is 5.11. The maximum atomic E-state index is 14.0. The van der Waals surface area contributed by atoms with Crippen LogP contribution in [-0.2, 0) is 11.2 Å². The van der Waals surface area contributed by atoms with Gasteiger partial charge in [0.05, 0.1) is 11.6 Å². The molecule has 2 fully saturated rings. The maximum Gasteiger partial charge on any atom is 0.155 e. The zero-order valence-electron chi connectivity index (χ0n) is 20.9. The highest BCUT2D eigenvalue weighted by Gasteiger charge is 2.40. The molecule has 6 rings (SSSR count). The van der Waals surface area contributed by atoms with E-state index in [-0.39, 0.29) is 18.0 Å². The van der Waals surface area contributed by atoms with Crippen LogP contribution in [0.15, 0.2) is 48.7 Å². The molecular formula is C30H35N5O. The molecule has 186 valence electrons. The third kappa shape index (κ3) is 4.26. The Morgan fingerprint density at radius 1 is 0.972 bits per heavy atom. The van der Waals surface area contributed by atoms with Crippen molar-refractivity contribution in [2.24, 2.45) is 5.92 Å². The fraction of sp³-hybridized carbons (Fsp3) is 0.467. The van der Waals surface area contributed by atoms with Crippen LogP contribution in [0.4, 0.5) is 11.4 Å². The molecule has 0 radical (unpaired) electrons. The number of ketones is 1. The molecule has 1 saturated heterocycles. The number of benzene rings is 2. The molecule has 2 unspecified atom stereocenters. The van der Waals surface area contributed by atoms with Crippen molar-refractivity contribution >= 4 is 28.1 Å². The number of nitrogens with zero attached hydrogens (tertiary/aromatic N) is 3. The van der Waals surface area contributed by atoms with Crippen LogP contribution in [0.5, 0.6) is 0 Å². The first-order valence-electron chi connectivity index (χ1n) is 13.6. The van der Waals surface area contributed by atoms with Gasteiger partial charge in [-0.1, -0.05) is 43.5 Å². The summed E-state index contributed by atoms with van der Waals surface area (Å²) in [5, 5.41) is 14.4. The minimum absolute atomic E-state index is 0.0821. The standard InChI is InChI=1S/C30H35N5O/c31-19-23-20-32-25-11-6-12-27(28(23)25)34-15-17-35(18-16-34)29(30(36)22-8-2-1-3-9-22)26-14-13-21-7-4-5-10-24(21)33-26/h4-7,10-12,20,22,26,29,32-33H,1-3,8-9,13-18H2. The molecule has 2 aromatic carbocycles. The number of aromatic nitrogens is 1. The Hall–Kier alpha value is -3.30. The van der Waals surface area contributed by atoms with Gasteiger partial charge in [-0.05, 0) is 49.4 Å². The van der Waals surface area contributed by atoms with E-state index >= 15 is 0 Å². The molecule has 2 N–H and O–H groups in total.